The van der Waals surface area contributed by atoms with Crippen molar-refractivity contribution in [3.05, 3.63) is 29.8 Å². The summed E-state index contributed by atoms with van der Waals surface area (Å²) in [5.41, 5.74) is 2.33. The first kappa shape index (κ1) is 16.0. The van der Waals surface area contributed by atoms with Crippen molar-refractivity contribution in [1.82, 2.24) is 5.32 Å². The number of carbonyl (C=O) groups is 1. The van der Waals surface area contributed by atoms with E-state index in [9.17, 15) is 4.79 Å². The number of hydrogen-bond acceptors (Lipinski definition) is 2. The van der Waals surface area contributed by atoms with Gasteiger partial charge in [0.05, 0.1) is 0 Å². The van der Waals surface area contributed by atoms with Crippen LogP contribution in [0, 0.1) is 0 Å². The van der Waals surface area contributed by atoms with Gasteiger partial charge in [-0.1, -0.05) is 39.3 Å². The van der Waals surface area contributed by atoms with E-state index in [0.29, 0.717) is 12.5 Å². The number of amides is 1. The van der Waals surface area contributed by atoms with Gasteiger partial charge in [0.2, 0.25) is 5.91 Å². The van der Waals surface area contributed by atoms with Crippen molar-refractivity contribution in [2.75, 3.05) is 11.9 Å². The van der Waals surface area contributed by atoms with Crippen molar-refractivity contribution in [2.24, 2.45) is 0 Å². The Morgan fingerprint density at radius 3 is 2.52 bits per heavy atom. The fraction of sp³-hybridized carbons (Fsp3) is 0.611. The zero-order valence-corrected chi connectivity index (χ0v) is 13.5. The molecule has 1 aromatic rings. The summed E-state index contributed by atoms with van der Waals surface area (Å²) in [4.78, 5) is 12.0. The third kappa shape index (κ3) is 5.16. The number of piperidine rings is 1. The van der Waals surface area contributed by atoms with Crippen molar-refractivity contribution in [3.63, 3.8) is 0 Å². The van der Waals surface area contributed by atoms with Crippen LogP contribution in [0.5, 0.6) is 0 Å². The van der Waals surface area contributed by atoms with Crippen LogP contribution in [0.25, 0.3) is 0 Å². The Morgan fingerprint density at radius 2 is 1.95 bits per heavy atom. The van der Waals surface area contributed by atoms with E-state index in [1.807, 2.05) is 12.1 Å². The van der Waals surface area contributed by atoms with Gasteiger partial charge in [0, 0.05) is 18.2 Å². The Labute approximate surface area is 128 Å². The van der Waals surface area contributed by atoms with Crippen LogP contribution in [-0.4, -0.2) is 18.5 Å². The lowest BCUT2D eigenvalue weighted by Crippen LogP contribution is -2.34. The lowest BCUT2D eigenvalue weighted by Gasteiger charge is -2.23. The largest absolute Gasteiger partial charge is 0.326 e. The van der Waals surface area contributed by atoms with Gasteiger partial charge in [0.15, 0.2) is 0 Å². The van der Waals surface area contributed by atoms with E-state index in [-0.39, 0.29) is 11.3 Å². The molecule has 3 heteroatoms. The quantitative estimate of drug-likeness (QED) is 0.883. The topological polar surface area (TPSA) is 41.1 Å². The molecule has 1 atom stereocenters. The highest BCUT2D eigenvalue weighted by atomic mass is 16.1. The van der Waals surface area contributed by atoms with Crippen LogP contribution < -0.4 is 10.6 Å². The van der Waals surface area contributed by atoms with Crippen molar-refractivity contribution >= 4 is 11.6 Å². The van der Waals surface area contributed by atoms with E-state index in [2.05, 4.69) is 43.5 Å². The van der Waals surface area contributed by atoms with Gasteiger partial charge < -0.3 is 10.6 Å². The Kier molecular flexibility index (Phi) is 5.40. The summed E-state index contributed by atoms with van der Waals surface area (Å²) in [6.45, 7) is 7.67. The molecule has 0 spiro atoms. The molecule has 1 amide bonds. The molecule has 1 aliphatic rings. The maximum atomic E-state index is 12.0. The molecule has 116 valence electrons. The van der Waals surface area contributed by atoms with Crippen LogP contribution in [0.1, 0.15) is 58.4 Å². The lowest BCUT2D eigenvalue weighted by atomic mass is 9.87. The standard InChI is InChI=1S/C18H28N2O/c1-18(2,3)14-7-9-16(10-8-14)20-17(21)12-11-15-6-4-5-13-19-15/h7-10,15,19H,4-6,11-13H2,1-3H3,(H,20,21). The summed E-state index contributed by atoms with van der Waals surface area (Å²) >= 11 is 0. The van der Waals surface area contributed by atoms with E-state index in [1.165, 1.54) is 24.8 Å². The summed E-state index contributed by atoms with van der Waals surface area (Å²) in [5.74, 6) is 0.117. The molecular weight excluding hydrogens is 260 g/mol. The molecule has 2 N–H and O–H groups in total. The Hall–Kier alpha value is -1.35. The van der Waals surface area contributed by atoms with Crippen LogP contribution in [-0.2, 0) is 10.2 Å². The molecule has 2 rings (SSSR count). The molecule has 3 nitrogen and oxygen atoms in total. The maximum absolute atomic E-state index is 12.0. The minimum atomic E-state index is 0.117. The molecule has 1 unspecified atom stereocenters. The van der Waals surface area contributed by atoms with Crippen LogP contribution in [0.3, 0.4) is 0 Å². The predicted molar refractivity (Wildman–Crippen MR) is 88.6 cm³/mol. The lowest BCUT2D eigenvalue weighted by molar-refractivity contribution is -0.116. The number of rotatable bonds is 4. The summed E-state index contributed by atoms with van der Waals surface area (Å²) in [5, 5.41) is 6.48. The van der Waals surface area contributed by atoms with Gasteiger partial charge >= 0.3 is 0 Å². The average molecular weight is 288 g/mol. The highest BCUT2D eigenvalue weighted by Crippen LogP contribution is 2.23. The normalized spacial score (nSPS) is 19.3. The van der Waals surface area contributed by atoms with Gasteiger partial charge in [-0.3, -0.25) is 4.79 Å². The second-order valence-electron chi connectivity index (χ2n) is 7.06. The fourth-order valence-corrected chi connectivity index (χ4v) is 2.75. The van der Waals surface area contributed by atoms with E-state index in [0.717, 1.165) is 18.7 Å². The molecule has 0 aliphatic carbocycles. The maximum Gasteiger partial charge on any atom is 0.224 e. The molecule has 1 heterocycles. The average Bonchev–Trinajstić information content (AvgIpc) is 2.46. The third-order valence-electron chi connectivity index (χ3n) is 4.17. The molecule has 1 aliphatic heterocycles. The number of benzene rings is 1. The highest BCUT2D eigenvalue weighted by molar-refractivity contribution is 5.90. The smallest absolute Gasteiger partial charge is 0.224 e. The van der Waals surface area contributed by atoms with Crippen molar-refractivity contribution in [3.8, 4) is 0 Å². The molecule has 0 saturated carbocycles. The van der Waals surface area contributed by atoms with Crippen LogP contribution >= 0.6 is 0 Å². The zero-order valence-electron chi connectivity index (χ0n) is 13.5. The first-order valence-electron chi connectivity index (χ1n) is 8.09. The van der Waals surface area contributed by atoms with Crippen LogP contribution in [0.4, 0.5) is 5.69 Å². The van der Waals surface area contributed by atoms with E-state index < -0.39 is 0 Å². The number of nitrogens with one attached hydrogen (secondary N) is 2. The van der Waals surface area contributed by atoms with Crippen molar-refractivity contribution in [1.29, 1.82) is 0 Å². The third-order valence-corrected chi connectivity index (χ3v) is 4.17. The van der Waals surface area contributed by atoms with Crippen molar-refractivity contribution in [2.45, 2.75) is 64.3 Å². The second-order valence-corrected chi connectivity index (χ2v) is 7.06. The van der Waals surface area contributed by atoms with Gasteiger partial charge in [-0.25, -0.2) is 0 Å². The van der Waals surface area contributed by atoms with E-state index in [1.54, 1.807) is 0 Å². The summed E-state index contributed by atoms with van der Waals surface area (Å²) in [6.07, 6.45) is 5.29. The molecule has 0 bridgehead atoms. The SMILES string of the molecule is CC(C)(C)c1ccc(NC(=O)CCC2CCCCN2)cc1. The summed E-state index contributed by atoms with van der Waals surface area (Å²) in [7, 11) is 0. The van der Waals surface area contributed by atoms with E-state index in [4.69, 9.17) is 0 Å². The number of hydrogen-bond donors (Lipinski definition) is 2. The minimum Gasteiger partial charge on any atom is -0.326 e. The molecule has 1 aromatic carbocycles. The summed E-state index contributed by atoms with van der Waals surface area (Å²) in [6, 6.07) is 8.71. The molecule has 1 saturated heterocycles. The molecule has 0 aromatic heterocycles. The van der Waals surface area contributed by atoms with Gasteiger partial charge in [-0.2, -0.15) is 0 Å². The van der Waals surface area contributed by atoms with Gasteiger partial charge in [-0.05, 0) is 48.9 Å². The number of anilines is 1. The zero-order chi connectivity index (χ0) is 15.3. The predicted octanol–water partition coefficient (Wildman–Crippen LogP) is 3.84. The molecule has 0 radical (unpaired) electrons. The van der Waals surface area contributed by atoms with Crippen LogP contribution in [0.2, 0.25) is 0 Å². The molecule has 21 heavy (non-hydrogen) atoms. The monoisotopic (exact) mass is 288 g/mol. The Morgan fingerprint density at radius 1 is 1.24 bits per heavy atom. The second kappa shape index (κ2) is 7.08. The summed E-state index contributed by atoms with van der Waals surface area (Å²) < 4.78 is 0. The first-order chi connectivity index (χ1) is 9.95. The number of carbonyl (C=O) groups excluding carboxylic acids is 1. The van der Waals surface area contributed by atoms with Crippen molar-refractivity contribution < 1.29 is 4.79 Å². The minimum absolute atomic E-state index is 0.117. The van der Waals surface area contributed by atoms with Gasteiger partial charge in [-0.15, -0.1) is 0 Å². The van der Waals surface area contributed by atoms with Crippen LogP contribution in [0.15, 0.2) is 24.3 Å². The fourth-order valence-electron chi connectivity index (χ4n) is 2.75. The van der Waals surface area contributed by atoms with Gasteiger partial charge in [0.25, 0.3) is 0 Å². The Bertz CT molecular complexity index is 453. The van der Waals surface area contributed by atoms with Gasteiger partial charge in [0.1, 0.15) is 0 Å². The molecular formula is C18H28N2O. The highest BCUT2D eigenvalue weighted by Gasteiger charge is 2.15. The molecule has 1 fully saturated rings. The Balaban J connectivity index is 1.79. The van der Waals surface area contributed by atoms with E-state index >= 15 is 0 Å². The first-order valence-corrected chi connectivity index (χ1v) is 8.09.